The minimum atomic E-state index is -0.350. The maximum absolute atomic E-state index is 12.0. The van der Waals surface area contributed by atoms with E-state index < -0.39 is 0 Å². The molecule has 0 aliphatic carbocycles. The first-order valence-corrected chi connectivity index (χ1v) is 9.48. The number of fused-ring (bicyclic) bond motifs is 1. The standard InChI is InChI=1S/C23H17ClN2O4/c24-18-6-8-19(9-7-18)30-20-3-1-2-17(12-20)14-25-26-23(27)11-5-16-4-10-21-22(13-16)29-15-28-21/h1-14H,15H2,(H,26,27)/b11-5+,25-14+. The minimum Gasteiger partial charge on any atom is -0.457 e. The lowest BCUT2D eigenvalue weighted by atomic mass is 10.2. The van der Waals surface area contributed by atoms with Crippen molar-refractivity contribution in [1.82, 2.24) is 5.43 Å². The molecule has 0 fully saturated rings. The van der Waals surface area contributed by atoms with Gasteiger partial charge in [-0.05, 0) is 65.7 Å². The Balaban J connectivity index is 1.32. The highest BCUT2D eigenvalue weighted by Crippen LogP contribution is 2.32. The molecule has 3 aromatic rings. The SMILES string of the molecule is O=C(/C=C/c1ccc2c(c1)OCO2)N/N=C/c1cccc(Oc2ccc(Cl)cc2)c1. The van der Waals surface area contributed by atoms with E-state index in [-0.39, 0.29) is 12.7 Å². The number of benzene rings is 3. The third kappa shape index (κ3) is 5.18. The van der Waals surface area contributed by atoms with Crippen LogP contribution in [0.25, 0.3) is 6.08 Å². The topological polar surface area (TPSA) is 69.2 Å². The van der Waals surface area contributed by atoms with E-state index in [1.165, 1.54) is 6.08 Å². The second-order valence-corrected chi connectivity index (χ2v) is 6.75. The van der Waals surface area contributed by atoms with Gasteiger partial charge in [0.25, 0.3) is 5.91 Å². The monoisotopic (exact) mass is 420 g/mol. The van der Waals surface area contributed by atoms with Crippen molar-refractivity contribution in [2.75, 3.05) is 6.79 Å². The average molecular weight is 421 g/mol. The van der Waals surface area contributed by atoms with Crippen molar-refractivity contribution < 1.29 is 19.0 Å². The van der Waals surface area contributed by atoms with Gasteiger partial charge in [-0.25, -0.2) is 5.43 Å². The van der Waals surface area contributed by atoms with Gasteiger partial charge in [0.2, 0.25) is 6.79 Å². The number of carbonyl (C=O) groups is 1. The lowest BCUT2D eigenvalue weighted by Crippen LogP contribution is -2.14. The lowest BCUT2D eigenvalue weighted by molar-refractivity contribution is -0.116. The first-order chi connectivity index (χ1) is 14.7. The van der Waals surface area contributed by atoms with Crippen LogP contribution in [0, 0.1) is 0 Å². The van der Waals surface area contributed by atoms with E-state index in [2.05, 4.69) is 10.5 Å². The predicted molar refractivity (Wildman–Crippen MR) is 115 cm³/mol. The van der Waals surface area contributed by atoms with Crippen LogP contribution in [-0.2, 0) is 4.79 Å². The fourth-order valence-corrected chi connectivity index (χ4v) is 2.82. The van der Waals surface area contributed by atoms with Crippen molar-refractivity contribution in [3.63, 3.8) is 0 Å². The Labute approximate surface area is 178 Å². The van der Waals surface area contributed by atoms with Gasteiger partial charge in [-0.15, -0.1) is 0 Å². The first kappa shape index (κ1) is 19.5. The highest BCUT2D eigenvalue weighted by Gasteiger charge is 2.12. The van der Waals surface area contributed by atoms with Crippen LogP contribution in [0.15, 0.2) is 77.9 Å². The van der Waals surface area contributed by atoms with E-state index in [1.807, 2.05) is 36.4 Å². The quantitative estimate of drug-likeness (QED) is 0.345. The summed E-state index contributed by atoms with van der Waals surface area (Å²) in [5, 5.41) is 4.62. The molecule has 1 aliphatic rings. The van der Waals surface area contributed by atoms with E-state index in [9.17, 15) is 4.79 Å². The summed E-state index contributed by atoms with van der Waals surface area (Å²) < 4.78 is 16.4. The van der Waals surface area contributed by atoms with Crippen LogP contribution >= 0.6 is 11.6 Å². The minimum absolute atomic E-state index is 0.212. The van der Waals surface area contributed by atoms with E-state index in [0.29, 0.717) is 28.0 Å². The molecule has 0 atom stereocenters. The van der Waals surface area contributed by atoms with Crippen LogP contribution < -0.4 is 19.6 Å². The van der Waals surface area contributed by atoms with Crippen molar-refractivity contribution in [1.29, 1.82) is 0 Å². The molecule has 0 bridgehead atoms. The van der Waals surface area contributed by atoms with Crippen molar-refractivity contribution in [2.24, 2.45) is 5.10 Å². The summed E-state index contributed by atoms with van der Waals surface area (Å²) in [7, 11) is 0. The largest absolute Gasteiger partial charge is 0.457 e. The normalized spacial score (nSPS) is 12.4. The van der Waals surface area contributed by atoms with Crippen LogP contribution in [0.3, 0.4) is 0 Å². The molecule has 1 heterocycles. The lowest BCUT2D eigenvalue weighted by Gasteiger charge is -2.06. The zero-order valence-corrected chi connectivity index (χ0v) is 16.5. The number of hydrogen-bond acceptors (Lipinski definition) is 5. The Bertz CT molecular complexity index is 1110. The Kier molecular flexibility index (Phi) is 5.96. The first-order valence-electron chi connectivity index (χ1n) is 9.10. The Hall–Kier alpha value is -3.77. The summed E-state index contributed by atoms with van der Waals surface area (Å²) in [6, 6.07) is 19.9. The fraction of sp³-hybridized carbons (Fsp3) is 0.0435. The van der Waals surface area contributed by atoms with Crippen molar-refractivity contribution in [3.8, 4) is 23.0 Å². The Morgan fingerprint density at radius 1 is 0.967 bits per heavy atom. The number of amides is 1. The number of rotatable bonds is 6. The van der Waals surface area contributed by atoms with Gasteiger partial charge < -0.3 is 14.2 Å². The predicted octanol–water partition coefficient (Wildman–Crippen LogP) is 5.02. The molecule has 0 spiro atoms. The van der Waals surface area contributed by atoms with E-state index in [4.69, 9.17) is 25.8 Å². The van der Waals surface area contributed by atoms with Gasteiger partial charge in [-0.1, -0.05) is 29.8 Å². The third-order valence-electron chi connectivity index (χ3n) is 4.12. The van der Waals surface area contributed by atoms with Crippen LogP contribution in [0.1, 0.15) is 11.1 Å². The highest BCUT2D eigenvalue weighted by molar-refractivity contribution is 6.30. The summed E-state index contributed by atoms with van der Waals surface area (Å²) in [6.07, 6.45) is 4.61. The molecule has 1 N–H and O–H groups in total. The van der Waals surface area contributed by atoms with Gasteiger partial charge in [0.05, 0.1) is 6.21 Å². The molecular weight excluding hydrogens is 404 g/mol. The fourth-order valence-electron chi connectivity index (χ4n) is 2.69. The molecule has 0 radical (unpaired) electrons. The van der Waals surface area contributed by atoms with Crippen molar-refractivity contribution in [3.05, 3.63) is 89.0 Å². The van der Waals surface area contributed by atoms with Crippen LogP contribution in [0.2, 0.25) is 5.02 Å². The molecule has 0 aromatic heterocycles. The molecule has 30 heavy (non-hydrogen) atoms. The summed E-state index contributed by atoms with van der Waals surface area (Å²) in [5.41, 5.74) is 4.07. The van der Waals surface area contributed by atoms with Crippen LogP contribution in [0.4, 0.5) is 0 Å². The number of halogens is 1. The summed E-state index contributed by atoms with van der Waals surface area (Å²) in [4.78, 5) is 12.0. The zero-order valence-electron chi connectivity index (χ0n) is 15.7. The maximum Gasteiger partial charge on any atom is 0.264 e. The number of hydrazone groups is 1. The molecular formula is C23H17ClN2O4. The van der Waals surface area contributed by atoms with Crippen molar-refractivity contribution in [2.45, 2.75) is 0 Å². The van der Waals surface area contributed by atoms with Crippen LogP contribution in [-0.4, -0.2) is 18.9 Å². The second kappa shape index (κ2) is 9.15. The molecule has 0 saturated carbocycles. The Morgan fingerprint density at radius 3 is 2.67 bits per heavy atom. The van der Waals surface area contributed by atoms with E-state index in [1.54, 1.807) is 42.6 Å². The molecule has 7 heteroatoms. The number of ether oxygens (including phenoxy) is 3. The third-order valence-corrected chi connectivity index (χ3v) is 4.37. The molecule has 3 aromatic carbocycles. The molecule has 0 unspecified atom stereocenters. The van der Waals surface area contributed by atoms with Gasteiger partial charge in [0.15, 0.2) is 11.5 Å². The van der Waals surface area contributed by atoms with Crippen molar-refractivity contribution >= 4 is 29.8 Å². The number of nitrogens with one attached hydrogen (secondary N) is 1. The van der Waals surface area contributed by atoms with E-state index in [0.717, 1.165) is 11.1 Å². The average Bonchev–Trinajstić information content (AvgIpc) is 3.22. The number of carbonyl (C=O) groups excluding carboxylic acids is 1. The molecule has 1 aliphatic heterocycles. The summed E-state index contributed by atoms with van der Waals surface area (Å²) in [6.45, 7) is 0.212. The molecule has 150 valence electrons. The second-order valence-electron chi connectivity index (χ2n) is 6.31. The Morgan fingerprint density at radius 2 is 1.80 bits per heavy atom. The summed E-state index contributed by atoms with van der Waals surface area (Å²) in [5.74, 6) is 2.34. The smallest absolute Gasteiger partial charge is 0.264 e. The maximum atomic E-state index is 12.0. The van der Waals surface area contributed by atoms with Gasteiger partial charge in [-0.3, -0.25) is 4.79 Å². The molecule has 1 amide bonds. The van der Waals surface area contributed by atoms with Gasteiger partial charge >= 0.3 is 0 Å². The van der Waals surface area contributed by atoms with Gasteiger partial charge in [-0.2, -0.15) is 5.10 Å². The highest BCUT2D eigenvalue weighted by atomic mass is 35.5. The van der Waals surface area contributed by atoms with Gasteiger partial charge in [0.1, 0.15) is 11.5 Å². The molecule has 0 saturated heterocycles. The van der Waals surface area contributed by atoms with E-state index >= 15 is 0 Å². The van der Waals surface area contributed by atoms with Gasteiger partial charge in [0, 0.05) is 11.1 Å². The van der Waals surface area contributed by atoms with Crippen LogP contribution in [0.5, 0.6) is 23.0 Å². The zero-order chi connectivity index (χ0) is 20.8. The molecule has 6 nitrogen and oxygen atoms in total. The number of nitrogens with zero attached hydrogens (tertiary/aromatic N) is 1. The summed E-state index contributed by atoms with van der Waals surface area (Å²) >= 11 is 5.88. The number of hydrogen-bond donors (Lipinski definition) is 1. The molecule has 4 rings (SSSR count).